The van der Waals surface area contributed by atoms with Crippen LogP contribution in [0.15, 0.2) is 46.6 Å². The lowest BCUT2D eigenvalue weighted by molar-refractivity contribution is -0.123. The maximum Gasteiger partial charge on any atom is 0.338 e. The first kappa shape index (κ1) is 23.0. The first-order valence-corrected chi connectivity index (χ1v) is 11.4. The van der Waals surface area contributed by atoms with E-state index < -0.39 is 11.2 Å². The second-order valence-corrected chi connectivity index (χ2v) is 9.25. The Kier molecular flexibility index (Phi) is 7.83. The summed E-state index contributed by atoms with van der Waals surface area (Å²) in [6.07, 6.45) is 0.0136. The van der Waals surface area contributed by atoms with E-state index in [0.29, 0.717) is 21.3 Å². The van der Waals surface area contributed by atoms with Gasteiger partial charge in [0.25, 0.3) is 0 Å². The van der Waals surface area contributed by atoms with Gasteiger partial charge in [0.2, 0.25) is 11.8 Å². The molecule has 0 bridgehead atoms. The minimum atomic E-state index is -0.663. The zero-order chi connectivity index (χ0) is 22.4. The highest BCUT2D eigenvalue weighted by Gasteiger charge is 2.30. The Bertz CT molecular complexity index is 1050. The summed E-state index contributed by atoms with van der Waals surface area (Å²) in [5.41, 5.74) is 1.54. The zero-order valence-electron chi connectivity index (χ0n) is 16.7. The Labute approximate surface area is 192 Å². The van der Waals surface area contributed by atoms with Gasteiger partial charge in [-0.3, -0.25) is 9.59 Å². The Morgan fingerprint density at radius 3 is 2.65 bits per heavy atom. The molecule has 2 heterocycles. The van der Waals surface area contributed by atoms with Gasteiger partial charge in [-0.15, -0.1) is 16.4 Å². The molecule has 162 valence electrons. The molecule has 0 aliphatic carbocycles. The van der Waals surface area contributed by atoms with Crippen LogP contribution in [0, 0.1) is 0 Å². The van der Waals surface area contributed by atoms with Crippen molar-refractivity contribution >= 4 is 69.0 Å². The van der Waals surface area contributed by atoms with Crippen LogP contribution >= 0.6 is 34.7 Å². The van der Waals surface area contributed by atoms with Crippen LogP contribution in [0.4, 0.5) is 5.69 Å². The topological polar surface area (TPSA) is 109 Å². The highest BCUT2D eigenvalue weighted by molar-refractivity contribution is 8.15. The molecule has 1 saturated heterocycles. The molecule has 3 rings (SSSR count). The number of rotatable bonds is 6. The monoisotopic (exact) mass is 478 g/mol. The fourth-order valence-electron chi connectivity index (χ4n) is 2.54. The minimum Gasteiger partial charge on any atom is -0.462 e. The number of nitrogens with one attached hydrogen (secondary N) is 2. The summed E-state index contributed by atoms with van der Waals surface area (Å²) in [5, 5.41) is 13.2. The summed E-state index contributed by atoms with van der Waals surface area (Å²) < 4.78 is 5.58. The van der Waals surface area contributed by atoms with Crippen LogP contribution in [0.25, 0.3) is 0 Å². The van der Waals surface area contributed by atoms with Gasteiger partial charge in [-0.1, -0.05) is 23.4 Å². The quantitative estimate of drug-likeness (QED) is 0.371. The molecule has 31 heavy (non-hydrogen) atoms. The van der Waals surface area contributed by atoms with Gasteiger partial charge in [0.1, 0.15) is 5.25 Å². The smallest absolute Gasteiger partial charge is 0.338 e. The van der Waals surface area contributed by atoms with E-state index in [1.165, 1.54) is 11.3 Å². The number of benzene rings is 1. The van der Waals surface area contributed by atoms with Crippen molar-refractivity contribution in [1.82, 2.24) is 5.32 Å². The summed E-state index contributed by atoms with van der Waals surface area (Å²) in [5.74, 6) is -1.09. The maximum atomic E-state index is 12.6. The molecule has 2 amide bonds. The molecular weight excluding hydrogens is 460 g/mol. The molecule has 1 aliphatic heterocycles. The molecular formula is C20H19ClN4O4S2. The van der Waals surface area contributed by atoms with Crippen molar-refractivity contribution in [3.8, 4) is 0 Å². The summed E-state index contributed by atoms with van der Waals surface area (Å²) in [6.45, 7) is 3.80. The van der Waals surface area contributed by atoms with E-state index in [9.17, 15) is 14.4 Å². The second-order valence-electron chi connectivity index (χ2n) is 6.34. The summed E-state index contributed by atoms with van der Waals surface area (Å²) in [4.78, 5) is 37.2. The van der Waals surface area contributed by atoms with Crippen molar-refractivity contribution in [2.24, 2.45) is 10.2 Å². The normalized spacial score (nSPS) is 17.9. The van der Waals surface area contributed by atoms with Gasteiger partial charge in [0.15, 0.2) is 5.17 Å². The third kappa shape index (κ3) is 6.39. The Balaban J connectivity index is 1.64. The zero-order valence-corrected chi connectivity index (χ0v) is 19.1. The number of hydrogen-bond donors (Lipinski definition) is 2. The molecule has 2 N–H and O–H groups in total. The predicted octanol–water partition coefficient (Wildman–Crippen LogP) is 3.92. The van der Waals surface area contributed by atoms with E-state index in [1.807, 2.05) is 6.07 Å². The van der Waals surface area contributed by atoms with Gasteiger partial charge < -0.3 is 15.4 Å². The van der Waals surface area contributed by atoms with Crippen LogP contribution in [0.3, 0.4) is 0 Å². The SMILES string of the molecule is CCOC(=O)c1ccc(NC(=O)[C@H]2CC(=O)N/C(=N\N=C(/C)c3ccc(Cl)s3)S2)cc1. The largest absolute Gasteiger partial charge is 0.462 e. The van der Waals surface area contributed by atoms with Crippen molar-refractivity contribution in [2.75, 3.05) is 11.9 Å². The molecule has 1 aromatic carbocycles. The number of amides is 2. The average molecular weight is 479 g/mol. The van der Waals surface area contributed by atoms with Crippen LogP contribution in [-0.2, 0) is 14.3 Å². The second kappa shape index (κ2) is 10.6. The first-order valence-electron chi connectivity index (χ1n) is 9.28. The molecule has 1 aliphatic rings. The van der Waals surface area contributed by atoms with E-state index in [2.05, 4.69) is 20.8 Å². The van der Waals surface area contributed by atoms with Crippen molar-refractivity contribution in [3.05, 3.63) is 51.2 Å². The summed E-state index contributed by atoms with van der Waals surface area (Å²) >= 11 is 8.43. The molecule has 0 spiro atoms. The highest BCUT2D eigenvalue weighted by atomic mass is 35.5. The molecule has 0 unspecified atom stereocenters. The number of halogens is 1. The fraction of sp³-hybridized carbons (Fsp3) is 0.250. The van der Waals surface area contributed by atoms with Crippen molar-refractivity contribution in [1.29, 1.82) is 0 Å². The van der Waals surface area contributed by atoms with Gasteiger partial charge >= 0.3 is 5.97 Å². The molecule has 0 radical (unpaired) electrons. The van der Waals surface area contributed by atoms with E-state index >= 15 is 0 Å². The fourth-order valence-corrected chi connectivity index (χ4v) is 4.46. The highest BCUT2D eigenvalue weighted by Crippen LogP contribution is 2.24. The van der Waals surface area contributed by atoms with E-state index in [0.717, 1.165) is 16.6 Å². The van der Waals surface area contributed by atoms with E-state index in [1.54, 1.807) is 44.2 Å². The number of thioether (sulfide) groups is 1. The maximum absolute atomic E-state index is 12.6. The predicted molar refractivity (Wildman–Crippen MR) is 124 cm³/mol. The van der Waals surface area contributed by atoms with Gasteiger partial charge in [-0.25, -0.2) is 4.79 Å². The van der Waals surface area contributed by atoms with Crippen molar-refractivity contribution in [2.45, 2.75) is 25.5 Å². The number of nitrogens with zero attached hydrogens (tertiary/aromatic N) is 2. The number of esters is 1. The van der Waals surface area contributed by atoms with Crippen LogP contribution in [0.1, 0.15) is 35.5 Å². The van der Waals surface area contributed by atoms with Gasteiger partial charge in [-0.2, -0.15) is 5.10 Å². The van der Waals surface area contributed by atoms with Gasteiger partial charge in [0, 0.05) is 12.1 Å². The Morgan fingerprint density at radius 2 is 2.00 bits per heavy atom. The number of thiophene rings is 1. The lowest BCUT2D eigenvalue weighted by Crippen LogP contribution is -2.41. The minimum absolute atomic E-state index is 0.0136. The molecule has 1 fully saturated rings. The van der Waals surface area contributed by atoms with Crippen LogP contribution in [0.5, 0.6) is 0 Å². The lowest BCUT2D eigenvalue weighted by atomic mass is 10.2. The van der Waals surface area contributed by atoms with Crippen molar-refractivity contribution in [3.63, 3.8) is 0 Å². The number of hydrogen-bond acceptors (Lipinski definition) is 8. The number of carbonyl (C=O) groups is 3. The Morgan fingerprint density at radius 1 is 1.26 bits per heavy atom. The third-order valence-electron chi connectivity index (χ3n) is 4.05. The number of ether oxygens (including phenoxy) is 1. The summed E-state index contributed by atoms with van der Waals surface area (Å²) in [6, 6.07) is 9.94. The molecule has 11 heteroatoms. The summed E-state index contributed by atoms with van der Waals surface area (Å²) in [7, 11) is 0. The number of carbonyl (C=O) groups excluding carboxylic acids is 3. The van der Waals surface area contributed by atoms with Crippen LogP contribution in [-0.4, -0.2) is 40.5 Å². The van der Waals surface area contributed by atoms with E-state index in [-0.39, 0.29) is 30.0 Å². The molecule has 2 aromatic rings. The molecule has 1 aromatic heterocycles. The third-order valence-corrected chi connectivity index (χ3v) is 6.46. The number of amidine groups is 1. The Hall–Kier alpha value is -2.69. The van der Waals surface area contributed by atoms with Crippen LogP contribution in [0.2, 0.25) is 4.34 Å². The molecule has 0 saturated carbocycles. The van der Waals surface area contributed by atoms with Crippen molar-refractivity contribution < 1.29 is 19.1 Å². The molecule has 8 nitrogen and oxygen atoms in total. The first-order chi connectivity index (χ1) is 14.9. The standard InChI is InChI=1S/C20H19ClN4O4S2/c1-3-29-19(28)12-4-6-13(7-5-12)22-18(27)15-10-17(26)23-20(31-15)25-24-11(2)14-8-9-16(21)30-14/h4-9,15H,3,10H2,1-2H3,(H,22,27)(H,23,25,26)/b24-11+/t15-/m1/s1. The molecule has 1 atom stereocenters. The average Bonchev–Trinajstić information content (AvgIpc) is 3.18. The lowest BCUT2D eigenvalue weighted by Gasteiger charge is -2.21. The van der Waals surface area contributed by atoms with Gasteiger partial charge in [0.05, 0.1) is 27.1 Å². The van der Waals surface area contributed by atoms with Crippen LogP contribution < -0.4 is 10.6 Å². The number of anilines is 1. The van der Waals surface area contributed by atoms with E-state index in [4.69, 9.17) is 16.3 Å². The van der Waals surface area contributed by atoms with Gasteiger partial charge in [-0.05, 0) is 50.2 Å².